The summed E-state index contributed by atoms with van der Waals surface area (Å²) in [6.07, 6.45) is 5.50. The maximum Gasteiger partial charge on any atom is 0.220 e. The summed E-state index contributed by atoms with van der Waals surface area (Å²) >= 11 is 0. The zero-order chi connectivity index (χ0) is 23.8. The molecule has 3 rings (SSSR count). The summed E-state index contributed by atoms with van der Waals surface area (Å²) in [6, 6.07) is 11.3. The van der Waals surface area contributed by atoms with Gasteiger partial charge in [-0.15, -0.1) is 0 Å². The van der Waals surface area contributed by atoms with Gasteiger partial charge in [0.15, 0.2) is 0 Å². The quantitative estimate of drug-likeness (QED) is 0.434. The zero-order valence-electron chi connectivity index (χ0n) is 20.1. The van der Waals surface area contributed by atoms with Crippen LogP contribution in [0.3, 0.4) is 0 Å². The van der Waals surface area contributed by atoms with Crippen molar-refractivity contribution in [3.63, 3.8) is 0 Å². The van der Waals surface area contributed by atoms with Crippen molar-refractivity contribution in [2.24, 2.45) is 7.05 Å². The Morgan fingerprint density at radius 2 is 1.79 bits per heavy atom. The van der Waals surface area contributed by atoms with Crippen LogP contribution >= 0.6 is 0 Å². The van der Waals surface area contributed by atoms with Crippen molar-refractivity contribution in [1.29, 1.82) is 0 Å². The molecule has 1 atom stereocenters. The number of amides is 1. The summed E-state index contributed by atoms with van der Waals surface area (Å²) in [5.74, 6) is 2.90. The van der Waals surface area contributed by atoms with Crippen molar-refractivity contribution < 1.29 is 19.0 Å². The first-order chi connectivity index (χ1) is 15.9. The molecular weight excluding hydrogens is 418 g/mol. The lowest BCUT2D eigenvalue weighted by Gasteiger charge is -2.20. The van der Waals surface area contributed by atoms with Gasteiger partial charge in [0.05, 0.1) is 20.8 Å². The van der Waals surface area contributed by atoms with Crippen molar-refractivity contribution >= 4 is 5.91 Å². The van der Waals surface area contributed by atoms with Crippen molar-refractivity contribution in [3.8, 4) is 17.2 Å². The van der Waals surface area contributed by atoms with Crippen molar-refractivity contribution in [2.75, 3.05) is 20.8 Å². The number of rotatable bonds is 11. The number of aryl methyl sites for hydroxylation is 3. The van der Waals surface area contributed by atoms with Gasteiger partial charge in [0, 0.05) is 31.9 Å². The predicted octanol–water partition coefficient (Wildman–Crippen LogP) is 4.51. The van der Waals surface area contributed by atoms with Crippen LogP contribution in [0.2, 0.25) is 0 Å². The molecule has 1 N–H and O–H groups in total. The molecule has 0 aliphatic heterocycles. The molecule has 7 heteroatoms. The molecule has 0 spiro atoms. The normalized spacial score (nSPS) is 11.7. The second-order valence-electron chi connectivity index (χ2n) is 8.12. The van der Waals surface area contributed by atoms with Crippen LogP contribution in [0, 0.1) is 13.8 Å². The van der Waals surface area contributed by atoms with E-state index < -0.39 is 6.04 Å². The average molecular weight is 452 g/mol. The van der Waals surface area contributed by atoms with Crippen LogP contribution in [0.25, 0.3) is 0 Å². The second-order valence-corrected chi connectivity index (χ2v) is 8.12. The molecule has 0 fully saturated rings. The molecule has 0 saturated heterocycles. The molecule has 1 unspecified atom stereocenters. The molecule has 3 aromatic rings. The third kappa shape index (κ3) is 6.51. The van der Waals surface area contributed by atoms with Crippen LogP contribution in [0.4, 0.5) is 0 Å². The number of nitrogens with zero attached hydrogens (tertiary/aromatic N) is 2. The van der Waals surface area contributed by atoms with Crippen LogP contribution in [-0.4, -0.2) is 36.3 Å². The Morgan fingerprint density at radius 3 is 2.42 bits per heavy atom. The Kier molecular flexibility index (Phi) is 8.35. The number of hydrogen-bond donors (Lipinski definition) is 1. The molecule has 2 aromatic carbocycles. The summed E-state index contributed by atoms with van der Waals surface area (Å²) < 4.78 is 18.6. The Morgan fingerprint density at radius 1 is 1.06 bits per heavy atom. The van der Waals surface area contributed by atoms with Crippen LogP contribution in [0.5, 0.6) is 17.2 Å². The largest absolute Gasteiger partial charge is 0.497 e. The van der Waals surface area contributed by atoms with Crippen molar-refractivity contribution in [2.45, 2.75) is 39.2 Å². The van der Waals surface area contributed by atoms with E-state index >= 15 is 0 Å². The van der Waals surface area contributed by atoms with Crippen molar-refractivity contribution in [1.82, 2.24) is 14.9 Å². The zero-order valence-corrected chi connectivity index (χ0v) is 20.1. The molecule has 0 bridgehead atoms. The maximum absolute atomic E-state index is 12.8. The molecule has 176 valence electrons. The molecule has 0 radical (unpaired) electrons. The van der Waals surface area contributed by atoms with Gasteiger partial charge < -0.3 is 24.1 Å². The van der Waals surface area contributed by atoms with E-state index in [-0.39, 0.29) is 5.91 Å². The highest BCUT2D eigenvalue weighted by molar-refractivity contribution is 5.76. The van der Waals surface area contributed by atoms with Gasteiger partial charge in [-0.25, -0.2) is 4.98 Å². The first-order valence-corrected chi connectivity index (χ1v) is 11.1. The number of imidazole rings is 1. The minimum atomic E-state index is -0.423. The summed E-state index contributed by atoms with van der Waals surface area (Å²) in [6.45, 7) is 4.66. The lowest BCUT2D eigenvalue weighted by molar-refractivity contribution is -0.121. The van der Waals surface area contributed by atoms with E-state index in [2.05, 4.69) is 22.4 Å². The van der Waals surface area contributed by atoms with E-state index in [1.807, 2.05) is 49.9 Å². The molecule has 1 aromatic heterocycles. The lowest BCUT2D eigenvalue weighted by Crippen LogP contribution is -2.31. The molecule has 0 aliphatic carbocycles. The summed E-state index contributed by atoms with van der Waals surface area (Å²) in [7, 11) is 5.12. The fourth-order valence-electron chi connectivity index (χ4n) is 3.61. The predicted molar refractivity (Wildman–Crippen MR) is 128 cm³/mol. The standard InChI is InChI=1S/C26H33N3O4/c1-18-9-10-19(2)23(14-18)33-13-7-6-8-24(30)28-25(26-27-11-12-29(26)3)20-15-21(31-4)17-22(16-20)32-5/h9-12,14-17,25H,6-8,13H2,1-5H3,(H,28,30). The number of benzene rings is 2. The van der Waals surface area contributed by atoms with Gasteiger partial charge >= 0.3 is 0 Å². The minimum Gasteiger partial charge on any atom is -0.497 e. The molecule has 0 aliphatic rings. The van der Waals surface area contributed by atoms with Crippen molar-refractivity contribution in [3.05, 3.63) is 71.3 Å². The SMILES string of the molecule is COc1cc(OC)cc(C(NC(=O)CCCCOc2cc(C)ccc2C)c2nccn2C)c1. The second kappa shape index (κ2) is 11.4. The van der Waals surface area contributed by atoms with Gasteiger partial charge in [0.1, 0.15) is 29.1 Å². The van der Waals surface area contributed by atoms with E-state index in [1.54, 1.807) is 26.5 Å². The van der Waals surface area contributed by atoms with Crippen LogP contribution < -0.4 is 19.5 Å². The van der Waals surface area contributed by atoms with Gasteiger partial charge in [-0.3, -0.25) is 4.79 Å². The van der Waals surface area contributed by atoms with E-state index in [0.717, 1.165) is 35.5 Å². The number of aromatic nitrogens is 2. The van der Waals surface area contributed by atoms with Crippen LogP contribution in [0.1, 0.15) is 47.8 Å². The number of ether oxygens (including phenoxy) is 3. The Hall–Kier alpha value is -3.48. The van der Waals surface area contributed by atoms with Crippen LogP contribution in [0.15, 0.2) is 48.8 Å². The van der Waals surface area contributed by atoms with E-state index in [4.69, 9.17) is 14.2 Å². The smallest absolute Gasteiger partial charge is 0.220 e. The lowest BCUT2D eigenvalue weighted by atomic mass is 10.0. The number of unbranched alkanes of at least 4 members (excludes halogenated alkanes) is 1. The number of methoxy groups -OCH3 is 2. The number of carbonyl (C=O) groups excluding carboxylic acids is 1. The average Bonchev–Trinajstić information content (AvgIpc) is 3.24. The van der Waals surface area contributed by atoms with E-state index in [0.29, 0.717) is 24.5 Å². The molecule has 1 heterocycles. The Bertz CT molecular complexity index is 1050. The van der Waals surface area contributed by atoms with Crippen LogP contribution in [-0.2, 0) is 11.8 Å². The molecular formula is C26H33N3O4. The Balaban J connectivity index is 1.62. The number of carbonyl (C=O) groups is 1. The van der Waals surface area contributed by atoms with E-state index in [9.17, 15) is 4.79 Å². The Labute approximate surface area is 195 Å². The number of nitrogens with one attached hydrogen (secondary N) is 1. The highest BCUT2D eigenvalue weighted by atomic mass is 16.5. The monoisotopic (exact) mass is 451 g/mol. The van der Waals surface area contributed by atoms with Gasteiger partial charge in [-0.2, -0.15) is 0 Å². The maximum atomic E-state index is 12.8. The molecule has 7 nitrogen and oxygen atoms in total. The third-order valence-electron chi connectivity index (χ3n) is 5.53. The molecule has 1 amide bonds. The topological polar surface area (TPSA) is 74.6 Å². The van der Waals surface area contributed by atoms with Gasteiger partial charge in [0.2, 0.25) is 5.91 Å². The van der Waals surface area contributed by atoms with E-state index in [1.165, 1.54) is 5.56 Å². The fraction of sp³-hybridized carbons (Fsp3) is 0.385. The molecule has 0 saturated carbocycles. The number of hydrogen-bond acceptors (Lipinski definition) is 5. The van der Waals surface area contributed by atoms with Gasteiger partial charge in [-0.1, -0.05) is 12.1 Å². The summed E-state index contributed by atoms with van der Waals surface area (Å²) in [5.41, 5.74) is 3.13. The fourth-order valence-corrected chi connectivity index (χ4v) is 3.61. The summed E-state index contributed by atoms with van der Waals surface area (Å²) in [5, 5.41) is 3.13. The van der Waals surface area contributed by atoms with Gasteiger partial charge in [0.25, 0.3) is 0 Å². The van der Waals surface area contributed by atoms with Gasteiger partial charge in [-0.05, 0) is 61.6 Å². The third-order valence-corrected chi connectivity index (χ3v) is 5.53. The summed E-state index contributed by atoms with van der Waals surface area (Å²) in [4.78, 5) is 17.3. The highest BCUT2D eigenvalue weighted by Crippen LogP contribution is 2.29. The first-order valence-electron chi connectivity index (χ1n) is 11.1. The first kappa shape index (κ1) is 24.2. The minimum absolute atomic E-state index is 0.0449. The molecule has 33 heavy (non-hydrogen) atoms. The highest BCUT2D eigenvalue weighted by Gasteiger charge is 2.22.